The summed E-state index contributed by atoms with van der Waals surface area (Å²) in [6, 6.07) is 26.5. The second-order valence-corrected chi connectivity index (χ2v) is 19.4. The Hall–Kier alpha value is -6.20. The number of fused-ring (bicyclic) bond motifs is 7. The molecule has 63 heavy (non-hydrogen) atoms. The highest BCUT2D eigenvalue weighted by atomic mass is 19.4. The third kappa shape index (κ3) is 5.95. The zero-order chi connectivity index (χ0) is 42.8. The first-order valence-electron chi connectivity index (χ1n) is 22.7. The largest absolute Gasteiger partial charge is 0.398 e. The fourth-order valence-corrected chi connectivity index (χ4v) is 12.0. The Bertz CT molecular complexity index is 3070. The van der Waals surface area contributed by atoms with Crippen molar-refractivity contribution in [2.24, 2.45) is 10.9 Å². The molecular weight excluding hydrogens is 782 g/mol. The molecule has 4 atom stereocenters. The Morgan fingerprint density at radius 2 is 1.41 bits per heavy atom. The van der Waals surface area contributed by atoms with E-state index in [-0.39, 0.29) is 17.4 Å². The van der Waals surface area contributed by atoms with Crippen LogP contribution in [-0.4, -0.2) is 17.9 Å². The summed E-state index contributed by atoms with van der Waals surface area (Å²) in [6.45, 7) is 6.02. The first kappa shape index (κ1) is 38.5. The Balaban J connectivity index is 0.832. The van der Waals surface area contributed by atoms with E-state index in [0.29, 0.717) is 5.56 Å². The van der Waals surface area contributed by atoms with Gasteiger partial charge < -0.3 is 5.32 Å². The maximum atomic E-state index is 15.6. The zero-order valence-corrected chi connectivity index (χ0v) is 35.9. The van der Waals surface area contributed by atoms with Gasteiger partial charge in [-0.1, -0.05) is 129 Å². The van der Waals surface area contributed by atoms with E-state index in [0.717, 1.165) is 72.2 Å². The molecule has 0 saturated carbocycles. The van der Waals surface area contributed by atoms with Crippen LogP contribution in [-0.2, 0) is 10.8 Å². The first-order chi connectivity index (χ1) is 30.4. The lowest BCUT2D eigenvalue weighted by Crippen LogP contribution is -2.44. The molecule has 0 saturated heterocycles. The Morgan fingerprint density at radius 1 is 0.683 bits per heavy atom. The van der Waals surface area contributed by atoms with Gasteiger partial charge in [0, 0.05) is 17.3 Å². The smallest absolute Gasteiger partial charge is 0.372 e. The van der Waals surface area contributed by atoms with Crippen molar-refractivity contribution in [3.05, 3.63) is 207 Å². The molecule has 5 heteroatoms. The van der Waals surface area contributed by atoms with E-state index in [1.165, 1.54) is 73.4 Å². The van der Waals surface area contributed by atoms with Gasteiger partial charge in [0.25, 0.3) is 0 Å². The van der Waals surface area contributed by atoms with Gasteiger partial charge in [-0.05, 0) is 164 Å². The summed E-state index contributed by atoms with van der Waals surface area (Å²) >= 11 is 0. The maximum Gasteiger partial charge on any atom is 0.398 e. The molecule has 3 unspecified atom stereocenters. The minimum absolute atomic E-state index is 0.0943. The van der Waals surface area contributed by atoms with Crippen LogP contribution in [0.15, 0.2) is 179 Å². The monoisotopic (exact) mass is 830 g/mol. The van der Waals surface area contributed by atoms with E-state index in [9.17, 15) is 0 Å². The van der Waals surface area contributed by atoms with Crippen LogP contribution >= 0.6 is 0 Å². The number of allylic oxidation sites excluding steroid dienone is 15. The molecule has 0 fully saturated rings. The fourth-order valence-electron chi connectivity index (χ4n) is 12.0. The lowest BCUT2D eigenvalue weighted by molar-refractivity contribution is -0.194. The molecule has 1 N–H and O–H groups in total. The molecule has 0 aromatic heterocycles. The predicted octanol–water partition coefficient (Wildman–Crippen LogP) is 14.7. The molecule has 2 nitrogen and oxygen atoms in total. The molecule has 0 radical (unpaired) electrons. The van der Waals surface area contributed by atoms with Crippen LogP contribution in [0.2, 0.25) is 0 Å². The van der Waals surface area contributed by atoms with Gasteiger partial charge in [0.1, 0.15) is 0 Å². The average molecular weight is 831 g/mol. The summed E-state index contributed by atoms with van der Waals surface area (Å²) in [6.07, 6.45) is 26.4. The van der Waals surface area contributed by atoms with Crippen LogP contribution in [0, 0.1) is 5.92 Å². The second kappa shape index (κ2) is 13.9. The molecule has 1 aliphatic heterocycles. The number of benzene rings is 4. The van der Waals surface area contributed by atoms with Gasteiger partial charge in [0.2, 0.25) is 0 Å². The van der Waals surface area contributed by atoms with Gasteiger partial charge in [0.05, 0.1) is 29.1 Å². The zero-order valence-electron chi connectivity index (χ0n) is 35.9. The van der Waals surface area contributed by atoms with Crippen molar-refractivity contribution in [1.29, 1.82) is 0 Å². The van der Waals surface area contributed by atoms with Crippen LogP contribution in [0.25, 0.3) is 38.6 Å². The number of hydrogen-bond acceptors (Lipinski definition) is 2. The fraction of sp³-hybridized carbons (Fsp3) is 0.259. The van der Waals surface area contributed by atoms with Crippen molar-refractivity contribution in [3.63, 3.8) is 0 Å². The quantitative estimate of drug-likeness (QED) is 0.218. The van der Waals surface area contributed by atoms with E-state index >= 15 is 13.2 Å². The van der Waals surface area contributed by atoms with Gasteiger partial charge in [0.15, 0.2) is 0 Å². The van der Waals surface area contributed by atoms with Gasteiger partial charge in [-0.3, -0.25) is 4.99 Å². The summed E-state index contributed by atoms with van der Waals surface area (Å²) in [5.41, 5.74) is 16.7. The molecule has 0 spiro atoms. The molecule has 12 rings (SSSR count). The van der Waals surface area contributed by atoms with Crippen molar-refractivity contribution in [1.82, 2.24) is 5.32 Å². The van der Waals surface area contributed by atoms with Gasteiger partial charge in [-0.25, -0.2) is 0 Å². The topological polar surface area (TPSA) is 24.4 Å². The minimum atomic E-state index is -4.46. The molecule has 7 aliphatic carbocycles. The molecule has 4 aromatic carbocycles. The highest BCUT2D eigenvalue weighted by Gasteiger charge is 2.63. The number of aliphatic imine (C=N–C) groups is 1. The normalized spacial score (nSPS) is 26.1. The SMILES string of the molecule is CC1(C)C2=C(CCC(c3ccc4c(c3)C(C)(C(F)(F)F)C3C=C(C5=CN=C6C=CC=C[C@@H]6N5)C=CC43)=C2)c2ccc(-c3ccc4cc(C5=CC6=C(C=CCC6)CC5)ccc4c3)cc21. The number of nitrogens with zero attached hydrogens (tertiary/aromatic N) is 1. The molecule has 0 amide bonds. The molecule has 312 valence electrons. The van der Waals surface area contributed by atoms with Crippen LogP contribution < -0.4 is 5.32 Å². The van der Waals surface area contributed by atoms with Crippen molar-refractivity contribution < 1.29 is 13.2 Å². The highest BCUT2D eigenvalue weighted by molar-refractivity contribution is 6.03. The Labute approximate surface area is 367 Å². The Kier molecular flexibility index (Phi) is 8.49. The molecule has 0 bridgehead atoms. The average Bonchev–Trinajstić information content (AvgIpc) is 3.70. The molecule has 8 aliphatic rings. The number of nitrogens with one attached hydrogen (secondary N) is 1. The minimum Gasteiger partial charge on any atom is -0.372 e. The summed E-state index contributed by atoms with van der Waals surface area (Å²) in [5.74, 6) is -1.14. The van der Waals surface area contributed by atoms with Crippen molar-refractivity contribution in [2.75, 3.05) is 0 Å². The van der Waals surface area contributed by atoms with Crippen LogP contribution in [0.4, 0.5) is 13.2 Å². The van der Waals surface area contributed by atoms with Crippen molar-refractivity contribution in [3.8, 4) is 11.1 Å². The number of alkyl halides is 3. The van der Waals surface area contributed by atoms with E-state index in [2.05, 4.69) is 109 Å². The third-order valence-corrected chi connectivity index (χ3v) is 15.6. The number of rotatable bonds is 4. The third-order valence-electron chi connectivity index (χ3n) is 15.6. The highest BCUT2D eigenvalue weighted by Crippen LogP contribution is 2.61. The van der Waals surface area contributed by atoms with Crippen molar-refractivity contribution >= 4 is 33.2 Å². The van der Waals surface area contributed by atoms with Gasteiger partial charge in [-0.15, -0.1) is 0 Å². The second-order valence-electron chi connectivity index (χ2n) is 19.4. The summed E-state index contributed by atoms with van der Waals surface area (Å²) in [7, 11) is 0. The van der Waals surface area contributed by atoms with E-state index in [1.807, 2.05) is 54.7 Å². The lowest BCUT2D eigenvalue weighted by atomic mass is 9.71. The van der Waals surface area contributed by atoms with Crippen LogP contribution in [0.1, 0.15) is 98.6 Å². The maximum absolute atomic E-state index is 15.6. The van der Waals surface area contributed by atoms with Crippen LogP contribution in [0.5, 0.6) is 0 Å². The molecule has 1 heterocycles. The van der Waals surface area contributed by atoms with Crippen LogP contribution in [0.3, 0.4) is 0 Å². The van der Waals surface area contributed by atoms with Gasteiger partial charge in [-0.2, -0.15) is 13.2 Å². The van der Waals surface area contributed by atoms with E-state index in [1.54, 1.807) is 6.20 Å². The van der Waals surface area contributed by atoms with E-state index in [4.69, 9.17) is 0 Å². The van der Waals surface area contributed by atoms with Crippen molar-refractivity contribution in [2.45, 2.75) is 88.3 Å². The van der Waals surface area contributed by atoms with E-state index < -0.39 is 17.5 Å². The summed E-state index contributed by atoms with van der Waals surface area (Å²) in [4.78, 5) is 4.62. The number of halogens is 3. The number of hydrogen-bond donors (Lipinski definition) is 1. The molecule has 4 aromatic rings. The standard InChI is InChI=1S/C58H49F3N2/c1-56(2)49-29-41(40-17-16-38-27-37(14-15-39(38)28-40)36-13-12-34-8-4-5-9-35(34)26-36)18-22-45(49)46-23-19-42(30-50(46)56)43-20-24-47-48-25-21-44(55-33-62-53-10-6-7-11-54(53)63-55)32-52(48)57(3,51(47)31-43)58(59,60)61/h4,6-8,10-11,14-18,20-22,24-33,48,52,54,63H,5,9,12-13,19,23H2,1-3H3/t48?,52?,54-,57?/m0/s1. The lowest BCUT2D eigenvalue weighted by Gasteiger charge is -2.37. The van der Waals surface area contributed by atoms with Gasteiger partial charge >= 0.3 is 6.18 Å². The summed E-state index contributed by atoms with van der Waals surface area (Å²) in [5, 5.41) is 5.98. The molecular formula is C58H49F3N2. The first-order valence-corrected chi connectivity index (χ1v) is 22.7. The Morgan fingerprint density at radius 3 is 2.27 bits per heavy atom. The predicted molar refractivity (Wildman–Crippen MR) is 253 cm³/mol. The summed E-state index contributed by atoms with van der Waals surface area (Å²) < 4.78 is 46.8.